The van der Waals surface area contributed by atoms with Crippen LogP contribution in [0.1, 0.15) is 15.9 Å². The maximum absolute atomic E-state index is 11.1. The number of aromatic carboxylic acids is 1. The summed E-state index contributed by atoms with van der Waals surface area (Å²) in [6.07, 6.45) is 5.11. The fourth-order valence-electron chi connectivity index (χ4n) is 1.09. The molecule has 0 spiro atoms. The van der Waals surface area contributed by atoms with E-state index < -0.39 is 5.97 Å². The van der Waals surface area contributed by atoms with Crippen LogP contribution in [-0.4, -0.2) is 16.9 Å². The number of ketones is 1. The number of nitrogens with zero attached hydrogens (tertiary/aromatic N) is 1. The van der Waals surface area contributed by atoms with E-state index in [1.54, 1.807) is 24.3 Å². The minimum Gasteiger partial charge on any atom is -0.478 e. The lowest BCUT2D eigenvalue weighted by Gasteiger charge is -1.95. The summed E-state index contributed by atoms with van der Waals surface area (Å²) < 4.78 is 0. The predicted octanol–water partition coefficient (Wildman–Crippen LogP) is 2.05. The normalized spacial score (nSPS) is 10.5. The molecule has 0 radical (unpaired) electrons. The van der Waals surface area contributed by atoms with Crippen LogP contribution in [0, 0.1) is 11.3 Å². The molecule has 0 fully saturated rings. The highest BCUT2D eigenvalue weighted by atomic mass is 16.4. The monoisotopic (exact) mass is 227 g/mol. The molecule has 4 heteroatoms. The molecule has 0 saturated carbocycles. The van der Waals surface area contributed by atoms with Crippen LogP contribution in [0.4, 0.5) is 0 Å². The van der Waals surface area contributed by atoms with Crippen LogP contribution < -0.4 is 0 Å². The molecule has 0 aliphatic heterocycles. The van der Waals surface area contributed by atoms with E-state index in [0.717, 1.165) is 12.2 Å². The second-order valence-corrected chi connectivity index (χ2v) is 3.13. The molecular weight excluding hydrogens is 218 g/mol. The minimum absolute atomic E-state index is 0.192. The Kier molecular flexibility index (Phi) is 4.40. The number of carbonyl (C=O) groups is 2. The van der Waals surface area contributed by atoms with Gasteiger partial charge in [0, 0.05) is 6.08 Å². The van der Waals surface area contributed by atoms with Gasteiger partial charge in [-0.25, -0.2) is 4.79 Å². The predicted molar refractivity (Wildman–Crippen MR) is 62.2 cm³/mol. The summed E-state index contributed by atoms with van der Waals surface area (Å²) in [6, 6.07) is 7.82. The summed E-state index contributed by atoms with van der Waals surface area (Å²) >= 11 is 0. The Balaban J connectivity index is 2.73. The lowest BCUT2D eigenvalue weighted by Crippen LogP contribution is -1.94. The van der Waals surface area contributed by atoms with Gasteiger partial charge < -0.3 is 5.11 Å². The highest BCUT2D eigenvalue weighted by Gasteiger charge is 2.00. The standard InChI is InChI=1S/C13H9NO3/c14-9-1-2-12(15)8-5-10-3-6-11(7-4-10)13(16)17/h1-8H,(H,16,17)/b2-1+,8-5+. The molecular formula is C13H9NO3. The van der Waals surface area contributed by atoms with E-state index in [2.05, 4.69) is 0 Å². The van der Waals surface area contributed by atoms with Gasteiger partial charge >= 0.3 is 5.97 Å². The van der Waals surface area contributed by atoms with Gasteiger partial charge in [-0.3, -0.25) is 4.79 Å². The van der Waals surface area contributed by atoms with Crippen molar-refractivity contribution in [3.8, 4) is 6.07 Å². The summed E-state index contributed by atoms with van der Waals surface area (Å²) in [7, 11) is 0. The van der Waals surface area contributed by atoms with Crippen LogP contribution >= 0.6 is 0 Å². The third kappa shape index (κ3) is 4.14. The van der Waals surface area contributed by atoms with Gasteiger partial charge in [-0.15, -0.1) is 0 Å². The minimum atomic E-state index is -0.992. The first-order valence-corrected chi connectivity index (χ1v) is 4.75. The summed E-state index contributed by atoms with van der Waals surface area (Å²) in [6.45, 7) is 0. The van der Waals surface area contributed by atoms with E-state index >= 15 is 0 Å². The van der Waals surface area contributed by atoms with Crippen molar-refractivity contribution in [2.24, 2.45) is 0 Å². The van der Waals surface area contributed by atoms with Gasteiger partial charge in [-0.2, -0.15) is 5.26 Å². The van der Waals surface area contributed by atoms with Crippen molar-refractivity contribution in [1.29, 1.82) is 5.26 Å². The first kappa shape index (κ1) is 12.4. The molecule has 84 valence electrons. The van der Waals surface area contributed by atoms with Gasteiger partial charge in [0.05, 0.1) is 11.6 Å². The Hall–Kier alpha value is -2.67. The second-order valence-electron chi connectivity index (χ2n) is 3.13. The maximum atomic E-state index is 11.1. The van der Waals surface area contributed by atoms with E-state index in [0.29, 0.717) is 5.56 Å². The number of hydrogen-bond acceptors (Lipinski definition) is 3. The average Bonchev–Trinajstić information content (AvgIpc) is 2.34. The van der Waals surface area contributed by atoms with E-state index in [1.807, 2.05) is 0 Å². The van der Waals surface area contributed by atoms with Gasteiger partial charge in [0.25, 0.3) is 0 Å². The molecule has 0 aliphatic rings. The molecule has 1 aromatic rings. The Labute approximate surface area is 98.1 Å². The van der Waals surface area contributed by atoms with Crippen LogP contribution in [0.2, 0.25) is 0 Å². The Morgan fingerprint density at radius 1 is 1.18 bits per heavy atom. The second kappa shape index (κ2) is 6.03. The molecule has 0 aromatic heterocycles. The van der Waals surface area contributed by atoms with Gasteiger partial charge in [0.15, 0.2) is 5.78 Å². The quantitative estimate of drug-likeness (QED) is 0.630. The zero-order valence-corrected chi connectivity index (χ0v) is 8.83. The van der Waals surface area contributed by atoms with Gasteiger partial charge in [-0.05, 0) is 29.8 Å². The topological polar surface area (TPSA) is 78.2 Å². The van der Waals surface area contributed by atoms with Crippen molar-refractivity contribution < 1.29 is 14.7 Å². The molecule has 1 aromatic carbocycles. The molecule has 0 aliphatic carbocycles. The number of carbonyl (C=O) groups excluding carboxylic acids is 1. The smallest absolute Gasteiger partial charge is 0.335 e. The van der Waals surface area contributed by atoms with Gasteiger partial charge in [-0.1, -0.05) is 18.2 Å². The number of rotatable bonds is 4. The van der Waals surface area contributed by atoms with Crippen LogP contribution in [0.3, 0.4) is 0 Å². The summed E-state index contributed by atoms with van der Waals surface area (Å²) in [5.74, 6) is -1.29. The number of carboxylic acids is 1. The first-order chi connectivity index (χ1) is 8.13. The molecule has 0 heterocycles. The van der Waals surface area contributed by atoms with Crippen LogP contribution in [-0.2, 0) is 4.79 Å². The average molecular weight is 227 g/mol. The van der Waals surface area contributed by atoms with Crippen molar-refractivity contribution in [3.63, 3.8) is 0 Å². The zero-order chi connectivity index (χ0) is 12.7. The molecule has 4 nitrogen and oxygen atoms in total. The zero-order valence-electron chi connectivity index (χ0n) is 8.83. The SMILES string of the molecule is N#C/C=C/C(=O)/C=C/c1ccc(C(=O)O)cc1. The highest BCUT2D eigenvalue weighted by Crippen LogP contribution is 2.06. The van der Waals surface area contributed by atoms with Crippen molar-refractivity contribution in [1.82, 2.24) is 0 Å². The van der Waals surface area contributed by atoms with Crippen LogP contribution in [0.25, 0.3) is 6.08 Å². The summed E-state index contributed by atoms with van der Waals surface area (Å²) in [5, 5.41) is 16.9. The molecule has 0 atom stereocenters. The number of nitriles is 1. The Morgan fingerprint density at radius 3 is 2.35 bits per heavy atom. The first-order valence-electron chi connectivity index (χ1n) is 4.75. The molecule has 1 rings (SSSR count). The molecule has 1 N–H and O–H groups in total. The van der Waals surface area contributed by atoms with Crippen molar-refractivity contribution in [2.75, 3.05) is 0 Å². The number of benzene rings is 1. The summed E-state index contributed by atoms with van der Waals surface area (Å²) in [4.78, 5) is 21.7. The van der Waals surface area contributed by atoms with E-state index in [-0.39, 0.29) is 11.3 Å². The van der Waals surface area contributed by atoms with Gasteiger partial charge in [0.2, 0.25) is 0 Å². The van der Waals surface area contributed by atoms with Crippen LogP contribution in [0.15, 0.2) is 42.5 Å². The van der Waals surface area contributed by atoms with Gasteiger partial charge in [0.1, 0.15) is 0 Å². The highest BCUT2D eigenvalue weighted by molar-refractivity contribution is 6.02. The van der Waals surface area contributed by atoms with E-state index in [4.69, 9.17) is 10.4 Å². The molecule has 0 bridgehead atoms. The number of carboxylic acid groups (broad SMARTS) is 1. The molecule has 0 unspecified atom stereocenters. The Morgan fingerprint density at radius 2 is 1.82 bits per heavy atom. The molecule has 0 saturated heterocycles. The van der Waals surface area contributed by atoms with Crippen molar-refractivity contribution >= 4 is 17.8 Å². The third-order valence-corrected chi connectivity index (χ3v) is 1.92. The van der Waals surface area contributed by atoms with Crippen molar-refractivity contribution in [2.45, 2.75) is 0 Å². The number of hydrogen-bond donors (Lipinski definition) is 1. The lowest BCUT2D eigenvalue weighted by molar-refractivity contribution is -0.110. The maximum Gasteiger partial charge on any atom is 0.335 e. The van der Waals surface area contributed by atoms with E-state index in [1.165, 1.54) is 18.2 Å². The largest absolute Gasteiger partial charge is 0.478 e. The summed E-state index contributed by atoms with van der Waals surface area (Å²) in [5.41, 5.74) is 0.909. The van der Waals surface area contributed by atoms with E-state index in [9.17, 15) is 9.59 Å². The number of allylic oxidation sites excluding steroid dienone is 3. The van der Waals surface area contributed by atoms with Crippen LogP contribution in [0.5, 0.6) is 0 Å². The third-order valence-electron chi connectivity index (χ3n) is 1.92. The fourth-order valence-corrected chi connectivity index (χ4v) is 1.09. The lowest BCUT2D eigenvalue weighted by atomic mass is 10.1. The Bertz CT molecular complexity index is 519. The molecule has 17 heavy (non-hydrogen) atoms. The molecule has 0 amide bonds. The fraction of sp³-hybridized carbons (Fsp3) is 0. The van der Waals surface area contributed by atoms with Crippen molar-refractivity contribution in [3.05, 3.63) is 53.6 Å².